The summed E-state index contributed by atoms with van der Waals surface area (Å²) in [5, 5.41) is 19.9. The second-order valence-corrected chi connectivity index (χ2v) is 9.83. The van der Waals surface area contributed by atoms with Crippen LogP contribution in [0.15, 0.2) is 62.4 Å². The normalized spacial score (nSPS) is 13.6. The highest BCUT2D eigenvalue weighted by molar-refractivity contribution is 5.96. The van der Waals surface area contributed by atoms with Crippen LogP contribution in [0, 0.1) is 6.92 Å². The summed E-state index contributed by atoms with van der Waals surface area (Å²) < 4.78 is 10.9. The van der Waals surface area contributed by atoms with E-state index in [9.17, 15) is 19.5 Å². The van der Waals surface area contributed by atoms with Gasteiger partial charge in [0.1, 0.15) is 11.2 Å². The minimum absolute atomic E-state index is 0. The van der Waals surface area contributed by atoms with E-state index >= 15 is 0 Å². The smallest absolute Gasteiger partial charge is 0.439 e. The number of hydrogen-bond acceptors (Lipinski definition) is 11. The number of benzene rings is 2. The maximum absolute atomic E-state index is 12.9. The summed E-state index contributed by atoms with van der Waals surface area (Å²) in [6.07, 6.45) is 2.64. The van der Waals surface area contributed by atoms with Gasteiger partial charge in [-0.3, -0.25) is 14.3 Å². The highest BCUT2D eigenvalue weighted by atomic mass is 35.5. The van der Waals surface area contributed by atoms with Crippen LogP contribution < -0.4 is 22.5 Å². The van der Waals surface area contributed by atoms with E-state index in [0.29, 0.717) is 36.7 Å². The standard InChI is InChI=1S/C19H15N7O5.C9H10N2O.ClH/c20-11-7-21-26-14(18(28)29)6-13(22-16(11)26)17(27)23-12-4-2-8-5-9(1-3-10(8)12)15-24-19(30)31-25-15;1-6-11-8-4-7(5-10)2-3-9(8)12-6;/h1,3,5-7,12H,2,4,20H2,(H,23,27)(H,28,29)(H,24,25,30);2-4H,5,10H2,1H3;1H/t12-;;/m0../s1. The summed E-state index contributed by atoms with van der Waals surface area (Å²) in [5.74, 6) is -1.39. The molecular formula is C28H26ClN9O6. The Bertz CT molecular complexity index is 2080. The van der Waals surface area contributed by atoms with Gasteiger partial charge in [0.2, 0.25) is 0 Å². The van der Waals surface area contributed by atoms with Crippen LogP contribution in [0.4, 0.5) is 5.69 Å². The number of carbonyl (C=O) groups excluding carboxylic acids is 1. The highest BCUT2D eigenvalue weighted by Crippen LogP contribution is 2.33. The molecule has 6 aromatic rings. The number of carbonyl (C=O) groups is 2. The third kappa shape index (κ3) is 5.73. The van der Waals surface area contributed by atoms with Gasteiger partial charge >= 0.3 is 11.7 Å². The Hall–Kier alpha value is -5.54. The van der Waals surface area contributed by atoms with Gasteiger partial charge in [-0.25, -0.2) is 24.1 Å². The van der Waals surface area contributed by atoms with Crippen molar-refractivity contribution in [2.24, 2.45) is 5.73 Å². The lowest BCUT2D eigenvalue weighted by atomic mass is 10.0. The third-order valence-electron chi connectivity index (χ3n) is 6.99. The quantitative estimate of drug-likeness (QED) is 0.187. The first kappa shape index (κ1) is 29.9. The Morgan fingerprint density at radius 2 is 2.00 bits per heavy atom. The molecule has 7 N–H and O–H groups in total. The summed E-state index contributed by atoms with van der Waals surface area (Å²) in [6, 6.07) is 12.2. The van der Waals surface area contributed by atoms with Crippen LogP contribution in [0.3, 0.4) is 0 Å². The number of rotatable bonds is 5. The number of carboxylic acids is 1. The van der Waals surface area contributed by atoms with Crippen LogP contribution in [-0.2, 0) is 13.0 Å². The second-order valence-electron chi connectivity index (χ2n) is 9.83. The molecular weight excluding hydrogens is 594 g/mol. The fraction of sp³-hybridized carbons (Fsp3) is 0.179. The second kappa shape index (κ2) is 12.0. The lowest BCUT2D eigenvalue weighted by Crippen LogP contribution is -2.28. The van der Waals surface area contributed by atoms with Gasteiger partial charge < -0.3 is 26.3 Å². The topological polar surface area (TPSA) is 234 Å². The highest BCUT2D eigenvalue weighted by Gasteiger charge is 2.27. The molecule has 0 saturated heterocycles. The number of carboxylic acid groups (broad SMARTS) is 1. The van der Waals surface area contributed by atoms with Gasteiger partial charge in [0, 0.05) is 25.1 Å². The van der Waals surface area contributed by atoms with E-state index in [1.807, 2.05) is 37.3 Å². The Morgan fingerprint density at radius 1 is 1.18 bits per heavy atom. The van der Waals surface area contributed by atoms with E-state index in [-0.39, 0.29) is 41.2 Å². The van der Waals surface area contributed by atoms with E-state index in [2.05, 4.69) is 35.0 Å². The minimum Gasteiger partial charge on any atom is -0.477 e. The molecule has 226 valence electrons. The van der Waals surface area contributed by atoms with Crippen molar-refractivity contribution < 1.29 is 23.6 Å². The largest absolute Gasteiger partial charge is 0.477 e. The van der Waals surface area contributed by atoms with E-state index in [4.69, 9.17) is 15.9 Å². The number of aromatic carboxylic acids is 1. The number of aromatic nitrogens is 6. The molecule has 4 heterocycles. The molecule has 0 aliphatic heterocycles. The fourth-order valence-corrected chi connectivity index (χ4v) is 4.96. The van der Waals surface area contributed by atoms with Crippen molar-refractivity contribution in [2.75, 3.05) is 5.73 Å². The zero-order valence-corrected chi connectivity index (χ0v) is 23.9. The van der Waals surface area contributed by atoms with E-state index in [1.165, 1.54) is 6.20 Å². The monoisotopic (exact) mass is 619 g/mol. The summed E-state index contributed by atoms with van der Waals surface area (Å²) in [6.45, 7) is 2.38. The average Bonchev–Trinajstić information content (AvgIpc) is 3.78. The number of halogens is 1. The number of aromatic amines is 1. The number of nitrogens with zero attached hydrogens (tertiary/aromatic N) is 5. The molecule has 15 nitrogen and oxygen atoms in total. The third-order valence-corrected chi connectivity index (χ3v) is 6.99. The first-order chi connectivity index (χ1) is 20.7. The van der Waals surface area contributed by atoms with E-state index < -0.39 is 17.6 Å². The predicted molar refractivity (Wildman–Crippen MR) is 159 cm³/mol. The van der Waals surface area contributed by atoms with Gasteiger partial charge in [0.15, 0.2) is 28.6 Å². The lowest BCUT2D eigenvalue weighted by molar-refractivity contribution is 0.0687. The van der Waals surface area contributed by atoms with Crippen LogP contribution in [0.5, 0.6) is 0 Å². The molecule has 0 spiro atoms. The molecule has 0 saturated carbocycles. The number of H-pyrrole nitrogens is 1. The molecule has 0 unspecified atom stereocenters. The maximum Gasteiger partial charge on any atom is 0.439 e. The molecule has 1 atom stereocenters. The first-order valence-corrected chi connectivity index (χ1v) is 13.1. The van der Waals surface area contributed by atoms with Crippen LogP contribution in [-0.4, -0.2) is 46.7 Å². The molecule has 4 aromatic heterocycles. The number of nitrogen functional groups attached to an aromatic ring is 1. The van der Waals surface area contributed by atoms with Crippen molar-refractivity contribution in [1.82, 2.24) is 35.0 Å². The number of aryl methyl sites for hydroxylation is 2. The zero-order valence-electron chi connectivity index (χ0n) is 23.1. The molecule has 0 fully saturated rings. The Morgan fingerprint density at radius 3 is 2.73 bits per heavy atom. The van der Waals surface area contributed by atoms with Gasteiger partial charge in [0.25, 0.3) is 5.91 Å². The SMILES string of the molecule is Cc1nc2cc(CN)ccc2o1.Cl.Nc1cnn2c(C(=O)O)cc(C(=O)N[C@H]3CCc4cc(-c5noc(=O)[nH]5)ccc43)nc12. The van der Waals surface area contributed by atoms with Gasteiger partial charge in [-0.1, -0.05) is 23.4 Å². The lowest BCUT2D eigenvalue weighted by Gasteiger charge is -2.14. The number of nitrogens with two attached hydrogens (primary N) is 2. The molecule has 0 bridgehead atoms. The summed E-state index contributed by atoms with van der Waals surface area (Å²) >= 11 is 0. The van der Waals surface area contributed by atoms with Gasteiger partial charge in [-0.2, -0.15) is 5.10 Å². The molecule has 0 radical (unpaired) electrons. The van der Waals surface area contributed by atoms with Crippen molar-refractivity contribution >= 4 is 46.7 Å². The predicted octanol–water partition coefficient (Wildman–Crippen LogP) is 2.79. The number of hydrogen-bond donors (Lipinski definition) is 5. The summed E-state index contributed by atoms with van der Waals surface area (Å²) in [7, 11) is 0. The maximum atomic E-state index is 12.9. The number of amides is 1. The van der Waals surface area contributed by atoms with Crippen LogP contribution in [0.25, 0.3) is 28.1 Å². The zero-order chi connectivity index (χ0) is 30.2. The molecule has 16 heteroatoms. The van der Waals surface area contributed by atoms with Crippen LogP contribution in [0.1, 0.15) is 56.0 Å². The minimum atomic E-state index is -1.26. The first-order valence-electron chi connectivity index (χ1n) is 13.1. The van der Waals surface area contributed by atoms with Crippen molar-refractivity contribution in [3.63, 3.8) is 0 Å². The van der Waals surface area contributed by atoms with E-state index in [1.54, 1.807) is 6.07 Å². The van der Waals surface area contributed by atoms with Crippen molar-refractivity contribution in [3.05, 3.63) is 93.2 Å². The Labute approximate surface area is 253 Å². The summed E-state index contributed by atoms with van der Waals surface area (Å²) in [5.41, 5.74) is 16.7. The van der Waals surface area contributed by atoms with Crippen LogP contribution in [0.2, 0.25) is 0 Å². The molecule has 1 amide bonds. The van der Waals surface area contributed by atoms with Crippen LogP contribution >= 0.6 is 12.4 Å². The number of nitrogens with one attached hydrogen (secondary N) is 2. The fourth-order valence-electron chi connectivity index (χ4n) is 4.96. The number of oxazole rings is 1. The van der Waals surface area contributed by atoms with Crippen molar-refractivity contribution in [3.8, 4) is 11.4 Å². The van der Waals surface area contributed by atoms with Crippen molar-refractivity contribution in [2.45, 2.75) is 32.4 Å². The summed E-state index contributed by atoms with van der Waals surface area (Å²) in [4.78, 5) is 46.5. The van der Waals surface area contributed by atoms with Gasteiger partial charge in [0.05, 0.1) is 17.9 Å². The molecule has 44 heavy (non-hydrogen) atoms. The molecule has 7 rings (SSSR count). The Balaban J connectivity index is 0.000000248. The van der Waals surface area contributed by atoms with Gasteiger partial charge in [-0.05, 0) is 47.7 Å². The number of fused-ring (bicyclic) bond motifs is 3. The van der Waals surface area contributed by atoms with E-state index in [0.717, 1.165) is 38.4 Å². The Kier molecular flexibility index (Phi) is 8.15. The van der Waals surface area contributed by atoms with Crippen molar-refractivity contribution in [1.29, 1.82) is 0 Å². The molecule has 1 aliphatic rings. The molecule has 2 aromatic carbocycles. The molecule has 1 aliphatic carbocycles. The average molecular weight is 620 g/mol. The van der Waals surface area contributed by atoms with Gasteiger partial charge in [-0.15, -0.1) is 12.4 Å². The number of anilines is 1.